The Morgan fingerprint density at radius 3 is 2.80 bits per heavy atom. The molecule has 0 aromatic carbocycles. The van der Waals surface area contributed by atoms with E-state index >= 15 is 0 Å². The number of rotatable bonds is 1. The average Bonchev–Trinajstić information content (AvgIpc) is 2.69. The minimum atomic E-state index is 0.156. The highest BCUT2D eigenvalue weighted by Gasteiger charge is 2.11. The first-order valence-corrected chi connectivity index (χ1v) is 4.12. The standard InChI is InChI=1S/C8H7N7/c1-4-5(2-9)7(10)13-8(12-4)6-3-11-15-14-6/h3H,1H3,(H2,10,12,13)(H,11,14,15). The fraction of sp³-hybridized carbons (Fsp3) is 0.125. The van der Waals surface area contributed by atoms with E-state index in [4.69, 9.17) is 11.0 Å². The second kappa shape index (κ2) is 3.34. The molecule has 3 N–H and O–H groups in total. The fourth-order valence-electron chi connectivity index (χ4n) is 1.16. The van der Waals surface area contributed by atoms with Crippen LogP contribution in [-0.4, -0.2) is 25.4 Å². The van der Waals surface area contributed by atoms with Crippen LogP contribution < -0.4 is 5.73 Å². The number of aryl methyl sites for hydroxylation is 1. The van der Waals surface area contributed by atoms with Crippen molar-refractivity contribution in [3.05, 3.63) is 17.5 Å². The van der Waals surface area contributed by atoms with Crippen molar-refractivity contribution in [3.63, 3.8) is 0 Å². The van der Waals surface area contributed by atoms with Gasteiger partial charge in [0.15, 0.2) is 5.82 Å². The Hall–Kier alpha value is -2.49. The van der Waals surface area contributed by atoms with E-state index in [2.05, 4.69) is 25.4 Å². The summed E-state index contributed by atoms with van der Waals surface area (Å²) in [6, 6.07) is 1.94. The monoisotopic (exact) mass is 201 g/mol. The van der Waals surface area contributed by atoms with E-state index in [1.54, 1.807) is 6.92 Å². The molecule has 7 heteroatoms. The summed E-state index contributed by atoms with van der Waals surface area (Å²) in [6.07, 6.45) is 1.49. The summed E-state index contributed by atoms with van der Waals surface area (Å²) in [5.74, 6) is 0.515. The highest BCUT2D eigenvalue weighted by molar-refractivity contribution is 5.57. The molecular weight excluding hydrogens is 194 g/mol. The molecule has 0 saturated heterocycles. The Labute approximate surface area is 85.0 Å². The van der Waals surface area contributed by atoms with Crippen molar-refractivity contribution in [1.29, 1.82) is 5.26 Å². The lowest BCUT2D eigenvalue weighted by molar-refractivity contribution is 0.937. The van der Waals surface area contributed by atoms with Crippen molar-refractivity contribution in [2.75, 3.05) is 5.73 Å². The molecule has 15 heavy (non-hydrogen) atoms. The van der Waals surface area contributed by atoms with Gasteiger partial charge in [-0.15, -0.1) is 0 Å². The van der Waals surface area contributed by atoms with Crippen LogP contribution in [0.4, 0.5) is 5.82 Å². The number of nitrogens with one attached hydrogen (secondary N) is 1. The molecule has 0 unspecified atom stereocenters. The normalized spacial score (nSPS) is 9.87. The summed E-state index contributed by atoms with van der Waals surface area (Å²) < 4.78 is 0. The topological polar surface area (TPSA) is 117 Å². The highest BCUT2D eigenvalue weighted by atomic mass is 15.3. The molecule has 0 radical (unpaired) electrons. The molecule has 2 aromatic heterocycles. The van der Waals surface area contributed by atoms with Gasteiger partial charge in [0.05, 0.1) is 11.9 Å². The van der Waals surface area contributed by atoms with Crippen LogP contribution in [0.2, 0.25) is 0 Å². The lowest BCUT2D eigenvalue weighted by atomic mass is 10.2. The number of nitriles is 1. The Morgan fingerprint density at radius 1 is 1.47 bits per heavy atom. The van der Waals surface area contributed by atoms with Gasteiger partial charge in [0.1, 0.15) is 23.1 Å². The molecular formula is C8H7N7. The summed E-state index contributed by atoms with van der Waals surface area (Å²) in [5, 5.41) is 18.7. The van der Waals surface area contributed by atoms with Gasteiger partial charge in [-0.3, -0.25) is 0 Å². The molecule has 0 aliphatic heterocycles. The number of hydrogen-bond acceptors (Lipinski definition) is 6. The molecule has 0 amide bonds. The van der Waals surface area contributed by atoms with E-state index in [1.165, 1.54) is 6.20 Å². The number of nitrogens with two attached hydrogens (primary N) is 1. The number of anilines is 1. The van der Waals surface area contributed by atoms with Crippen LogP contribution in [-0.2, 0) is 0 Å². The molecule has 2 heterocycles. The van der Waals surface area contributed by atoms with Gasteiger partial charge in [0, 0.05) is 0 Å². The Bertz CT molecular complexity index is 499. The first-order chi connectivity index (χ1) is 7.22. The van der Waals surface area contributed by atoms with Gasteiger partial charge in [-0.05, 0) is 6.92 Å². The number of aromatic nitrogens is 5. The van der Waals surface area contributed by atoms with Crippen LogP contribution in [0.5, 0.6) is 0 Å². The largest absolute Gasteiger partial charge is 0.382 e. The number of nitrogens with zero attached hydrogens (tertiary/aromatic N) is 5. The molecule has 7 nitrogen and oxygen atoms in total. The second-order valence-corrected chi connectivity index (χ2v) is 2.86. The Morgan fingerprint density at radius 2 is 2.27 bits per heavy atom. The zero-order chi connectivity index (χ0) is 10.8. The van der Waals surface area contributed by atoms with E-state index in [0.29, 0.717) is 22.8 Å². The molecule has 0 aliphatic carbocycles. The molecule has 0 aliphatic rings. The quantitative estimate of drug-likeness (QED) is 0.671. The zero-order valence-corrected chi connectivity index (χ0v) is 7.89. The first-order valence-electron chi connectivity index (χ1n) is 4.12. The summed E-state index contributed by atoms with van der Waals surface area (Å²) in [7, 11) is 0. The fourth-order valence-corrected chi connectivity index (χ4v) is 1.16. The van der Waals surface area contributed by atoms with Gasteiger partial charge in [-0.1, -0.05) is 0 Å². The molecule has 2 rings (SSSR count). The third-order valence-corrected chi connectivity index (χ3v) is 1.87. The maximum atomic E-state index is 8.78. The van der Waals surface area contributed by atoms with Crippen molar-refractivity contribution >= 4 is 5.82 Å². The van der Waals surface area contributed by atoms with Gasteiger partial charge in [0.25, 0.3) is 0 Å². The van der Waals surface area contributed by atoms with E-state index in [0.717, 1.165) is 0 Å². The van der Waals surface area contributed by atoms with Gasteiger partial charge in [-0.2, -0.15) is 20.7 Å². The lowest BCUT2D eigenvalue weighted by Crippen LogP contribution is -2.02. The zero-order valence-electron chi connectivity index (χ0n) is 7.89. The lowest BCUT2D eigenvalue weighted by Gasteiger charge is -2.02. The minimum Gasteiger partial charge on any atom is -0.382 e. The summed E-state index contributed by atoms with van der Waals surface area (Å²) in [4.78, 5) is 8.08. The van der Waals surface area contributed by atoms with E-state index in [-0.39, 0.29) is 5.82 Å². The third-order valence-electron chi connectivity index (χ3n) is 1.87. The average molecular weight is 201 g/mol. The maximum absolute atomic E-state index is 8.78. The Kier molecular flexibility index (Phi) is 2.02. The van der Waals surface area contributed by atoms with E-state index in [9.17, 15) is 0 Å². The molecule has 0 atom stereocenters. The molecule has 0 spiro atoms. The van der Waals surface area contributed by atoms with Gasteiger partial charge in [-0.25, -0.2) is 9.97 Å². The van der Waals surface area contributed by atoms with Crippen molar-refractivity contribution < 1.29 is 0 Å². The first kappa shape index (κ1) is 9.08. The van der Waals surface area contributed by atoms with E-state index in [1.807, 2.05) is 6.07 Å². The summed E-state index contributed by atoms with van der Waals surface area (Å²) in [6.45, 7) is 1.69. The third kappa shape index (κ3) is 1.48. The number of H-pyrrole nitrogens is 1. The number of hydrogen-bond donors (Lipinski definition) is 2. The molecule has 0 saturated carbocycles. The van der Waals surface area contributed by atoms with E-state index < -0.39 is 0 Å². The SMILES string of the molecule is Cc1nc(-c2cn[nH]n2)nc(N)c1C#N. The van der Waals surface area contributed by atoms with Gasteiger partial charge < -0.3 is 5.73 Å². The minimum absolute atomic E-state index is 0.156. The molecule has 74 valence electrons. The van der Waals surface area contributed by atoms with Gasteiger partial charge in [0.2, 0.25) is 0 Å². The Balaban J connectivity index is 2.59. The smallest absolute Gasteiger partial charge is 0.184 e. The molecule has 2 aromatic rings. The van der Waals surface area contributed by atoms with Crippen LogP contribution >= 0.6 is 0 Å². The summed E-state index contributed by atoms with van der Waals surface area (Å²) >= 11 is 0. The van der Waals surface area contributed by atoms with Crippen molar-refractivity contribution in [1.82, 2.24) is 25.4 Å². The number of aromatic amines is 1. The predicted molar refractivity (Wildman–Crippen MR) is 51.3 cm³/mol. The van der Waals surface area contributed by atoms with Crippen LogP contribution in [0.25, 0.3) is 11.5 Å². The van der Waals surface area contributed by atoms with Crippen LogP contribution in [0.1, 0.15) is 11.3 Å². The predicted octanol–water partition coefficient (Wildman–Crippen LogP) is 0.0240. The number of nitrogen functional groups attached to an aromatic ring is 1. The molecule has 0 bridgehead atoms. The highest BCUT2D eigenvalue weighted by Crippen LogP contribution is 2.16. The van der Waals surface area contributed by atoms with Crippen LogP contribution in [0.15, 0.2) is 6.20 Å². The van der Waals surface area contributed by atoms with Crippen LogP contribution in [0, 0.1) is 18.3 Å². The maximum Gasteiger partial charge on any atom is 0.184 e. The summed E-state index contributed by atoms with van der Waals surface area (Å²) in [5.41, 5.74) is 6.93. The van der Waals surface area contributed by atoms with Gasteiger partial charge >= 0.3 is 0 Å². The van der Waals surface area contributed by atoms with Crippen LogP contribution in [0.3, 0.4) is 0 Å². The van der Waals surface area contributed by atoms with Crippen molar-refractivity contribution in [2.24, 2.45) is 0 Å². The van der Waals surface area contributed by atoms with Crippen molar-refractivity contribution in [2.45, 2.75) is 6.92 Å². The van der Waals surface area contributed by atoms with Crippen molar-refractivity contribution in [3.8, 4) is 17.6 Å². The molecule has 0 fully saturated rings. The second-order valence-electron chi connectivity index (χ2n) is 2.86.